The van der Waals surface area contributed by atoms with Crippen molar-refractivity contribution in [3.63, 3.8) is 0 Å². The molecule has 1 saturated heterocycles. The van der Waals surface area contributed by atoms with E-state index in [1.54, 1.807) is 0 Å². The molecular formula is C13H25N7O. The summed E-state index contributed by atoms with van der Waals surface area (Å²) in [5, 5.41) is 3.22. The Balaban J connectivity index is 2.09. The van der Waals surface area contributed by atoms with Crippen molar-refractivity contribution in [1.29, 1.82) is 0 Å². The summed E-state index contributed by atoms with van der Waals surface area (Å²) in [5.41, 5.74) is 2.50. The third-order valence-electron chi connectivity index (χ3n) is 3.34. The van der Waals surface area contributed by atoms with Gasteiger partial charge in [-0.1, -0.05) is 0 Å². The van der Waals surface area contributed by atoms with Crippen molar-refractivity contribution in [2.75, 3.05) is 41.9 Å². The molecule has 1 aromatic rings. The Morgan fingerprint density at radius 2 is 1.90 bits per heavy atom. The summed E-state index contributed by atoms with van der Waals surface area (Å²) >= 11 is 0. The van der Waals surface area contributed by atoms with Gasteiger partial charge in [-0.25, -0.2) is 5.84 Å². The van der Waals surface area contributed by atoms with Crippen molar-refractivity contribution in [1.82, 2.24) is 15.0 Å². The highest BCUT2D eigenvalue weighted by atomic mass is 16.5. The lowest BCUT2D eigenvalue weighted by atomic mass is 10.1. The van der Waals surface area contributed by atoms with Gasteiger partial charge >= 0.3 is 0 Å². The zero-order valence-corrected chi connectivity index (χ0v) is 12.8. The van der Waals surface area contributed by atoms with Gasteiger partial charge in [-0.3, -0.25) is 5.43 Å². The van der Waals surface area contributed by atoms with Gasteiger partial charge in [0.1, 0.15) is 0 Å². The minimum atomic E-state index is 0.118. The first-order valence-corrected chi connectivity index (χ1v) is 7.55. The largest absolute Gasteiger partial charge is 0.380 e. The van der Waals surface area contributed by atoms with Gasteiger partial charge in [0.25, 0.3) is 0 Å². The third kappa shape index (κ3) is 4.68. The van der Waals surface area contributed by atoms with Crippen LogP contribution in [0.3, 0.4) is 0 Å². The van der Waals surface area contributed by atoms with E-state index < -0.39 is 0 Å². The summed E-state index contributed by atoms with van der Waals surface area (Å²) < 4.78 is 5.39. The van der Waals surface area contributed by atoms with Crippen LogP contribution >= 0.6 is 0 Å². The predicted molar refractivity (Wildman–Crippen MR) is 83.3 cm³/mol. The van der Waals surface area contributed by atoms with E-state index in [1.165, 1.54) is 19.3 Å². The quantitative estimate of drug-likeness (QED) is 0.505. The van der Waals surface area contributed by atoms with E-state index in [4.69, 9.17) is 10.6 Å². The number of nitrogens with one attached hydrogen (secondary N) is 2. The Kier molecular flexibility index (Phi) is 5.94. The van der Waals surface area contributed by atoms with E-state index in [1.807, 2.05) is 13.8 Å². The van der Waals surface area contributed by atoms with E-state index in [0.717, 1.165) is 13.1 Å². The number of hydrogen-bond donors (Lipinski definition) is 3. The molecule has 0 bridgehead atoms. The smallest absolute Gasteiger partial charge is 0.243 e. The first-order chi connectivity index (χ1) is 10.2. The van der Waals surface area contributed by atoms with Crippen molar-refractivity contribution >= 4 is 17.8 Å². The molecule has 0 saturated carbocycles. The fourth-order valence-electron chi connectivity index (χ4n) is 2.29. The van der Waals surface area contributed by atoms with E-state index in [-0.39, 0.29) is 6.04 Å². The molecule has 1 aliphatic rings. The fraction of sp³-hybridized carbons (Fsp3) is 0.769. The van der Waals surface area contributed by atoms with Crippen molar-refractivity contribution in [2.45, 2.75) is 39.2 Å². The van der Waals surface area contributed by atoms with Gasteiger partial charge in [0.2, 0.25) is 17.8 Å². The molecule has 1 unspecified atom stereocenters. The number of aromatic nitrogens is 3. The molecule has 2 rings (SSSR count). The van der Waals surface area contributed by atoms with Gasteiger partial charge in [-0.05, 0) is 33.1 Å². The fourth-order valence-corrected chi connectivity index (χ4v) is 2.29. The molecule has 118 valence electrons. The standard InChI is InChI=1S/C13H25N7O/c1-3-21-9-10(2)15-11-16-12(19-14)18-13(17-11)20-7-5-4-6-8-20/h10H,3-9,14H2,1-2H3,(H2,15,16,17,18,19). The number of hydrazine groups is 1. The topological polar surface area (TPSA) is 101 Å². The molecule has 0 radical (unpaired) electrons. The maximum absolute atomic E-state index is 5.45. The Morgan fingerprint density at radius 1 is 1.19 bits per heavy atom. The first kappa shape index (κ1) is 15.7. The highest BCUT2D eigenvalue weighted by molar-refractivity contribution is 5.43. The van der Waals surface area contributed by atoms with E-state index in [9.17, 15) is 0 Å². The SMILES string of the molecule is CCOCC(C)Nc1nc(NN)nc(N2CCCCC2)n1. The minimum Gasteiger partial charge on any atom is -0.380 e. The molecule has 0 aromatic carbocycles. The number of nitrogen functional groups attached to an aromatic ring is 1. The first-order valence-electron chi connectivity index (χ1n) is 7.55. The van der Waals surface area contributed by atoms with Crippen LogP contribution < -0.4 is 21.5 Å². The summed E-state index contributed by atoms with van der Waals surface area (Å²) in [6, 6.07) is 0.118. The number of ether oxygens (including phenoxy) is 1. The van der Waals surface area contributed by atoms with Gasteiger partial charge in [0.15, 0.2) is 0 Å². The second kappa shape index (κ2) is 7.94. The zero-order chi connectivity index (χ0) is 15.1. The zero-order valence-electron chi connectivity index (χ0n) is 12.8. The van der Waals surface area contributed by atoms with E-state index in [2.05, 4.69) is 30.6 Å². The molecule has 8 nitrogen and oxygen atoms in total. The van der Waals surface area contributed by atoms with Crippen LogP contribution in [0.1, 0.15) is 33.1 Å². The Bertz CT molecular complexity index is 437. The Morgan fingerprint density at radius 3 is 2.57 bits per heavy atom. The maximum atomic E-state index is 5.45. The van der Waals surface area contributed by atoms with Crippen molar-refractivity contribution < 1.29 is 4.74 Å². The monoisotopic (exact) mass is 295 g/mol. The van der Waals surface area contributed by atoms with E-state index in [0.29, 0.717) is 31.1 Å². The number of nitrogens with two attached hydrogens (primary N) is 1. The normalized spacial score (nSPS) is 16.6. The summed E-state index contributed by atoms with van der Waals surface area (Å²) in [4.78, 5) is 15.3. The van der Waals surface area contributed by atoms with Crippen molar-refractivity contribution in [3.05, 3.63) is 0 Å². The van der Waals surface area contributed by atoms with Crippen LogP contribution in [0.2, 0.25) is 0 Å². The molecule has 0 aliphatic carbocycles. The third-order valence-corrected chi connectivity index (χ3v) is 3.34. The van der Waals surface area contributed by atoms with Crippen LogP contribution in [0.15, 0.2) is 0 Å². The highest BCUT2D eigenvalue weighted by Crippen LogP contribution is 2.18. The van der Waals surface area contributed by atoms with Gasteiger partial charge in [0.05, 0.1) is 6.61 Å². The molecule has 1 aromatic heterocycles. The molecule has 8 heteroatoms. The van der Waals surface area contributed by atoms with Crippen LogP contribution in [-0.4, -0.2) is 47.3 Å². The Hall–Kier alpha value is -1.67. The van der Waals surface area contributed by atoms with Crippen LogP contribution in [-0.2, 0) is 4.74 Å². The molecule has 4 N–H and O–H groups in total. The molecule has 0 amide bonds. The average Bonchev–Trinajstić information content (AvgIpc) is 2.53. The Labute approximate surface area is 125 Å². The predicted octanol–water partition coefficient (Wildman–Crippen LogP) is 0.984. The van der Waals surface area contributed by atoms with Gasteiger partial charge in [-0.2, -0.15) is 15.0 Å². The second-order valence-electron chi connectivity index (χ2n) is 5.18. The molecular weight excluding hydrogens is 270 g/mol. The highest BCUT2D eigenvalue weighted by Gasteiger charge is 2.16. The number of hydrogen-bond acceptors (Lipinski definition) is 8. The van der Waals surface area contributed by atoms with Crippen LogP contribution in [0.5, 0.6) is 0 Å². The van der Waals surface area contributed by atoms with Crippen molar-refractivity contribution in [3.8, 4) is 0 Å². The second-order valence-corrected chi connectivity index (χ2v) is 5.18. The van der Waals surface area contributed by atoms with Crippen LogP contribution in [0.25, 0.3) is 0 Å². The summed E-state index contributed by atoms with van der Waals surface area (Å²) in [6.45, 7) is 7.24. The molecule has 2 heterocycles. The molecule has 1 atom stereocenters. The average molecular weight is 295 g/mol. The number of nitrogens with zero attached hydrogens (tertiary/aromatic N) is 4. The number of anilines is 3. The molecule has 1 aliphatic heterocycles. The summed E-state index contributed by atoms with van der Waals surface area (Å²) in [5.74, 6) is 7.02. The summed E-state index contributed by atoms with van der Waals surface area (Å²) in [7, 11) is 0. The lowest BCUT2D eigenvalue weighted by Gasteiger charge is -2.27. The van der Waals surface area contributed by atoms with Crippen LogP contribution in [0, 0.1) is 0 Å². The summed E-state index contributed by atoms with van der Waals surface area (Å²) in [6.07, 6.45) is 3.60. The van der Waals surface area contributed by atoms with Crippen LogP contribution in [0.4, 0.5) is 17.8 Å². The molecule has 1 fully saturated rings. The molecule has 0 spiro atoms. The van der Waals surface area contributed by atoms with Crippen molar-refractivity contribution in [2.24, 2.45) is 5.84 Å². The lowest BCUT2D eigenvalue weighted by Crippen LogP contribution is -2.32. The van der Waals surface area contributed by atoms with Gasteiger partial charge < -0.3 is 15.0 Å². The number of piperidine rings is 1. The number of rotatable bonds is 7. The minimum absolute atomic E-state index is 0.118. The van der Waals surface area contributed by atoms with Gasteiger partial charge in [0, 0.05) is 25.7 Å². The van der Waals surface area contributed by atoms with Gasteiger partial charge in [-0.15, -0.1) is 0 Å². The lowest BCUT2D eigenvalue weighted by molar-refractivity contribution is 0.141. The molecule has 21 heavy (non-hydrogen) atoms. The van der Waals surface area contributed by atoms with E-state index >= 15 is 0 Å². The maximum Gasteiger partial charge on any atom is 0.243 e.